The van der Waals surface area contributed by atoms with Crippen molar-refractivity contribution >= 4 is 28.8 Å². The second kappa shape index (κ2) is 10.2. The van der Waals surface area contributed by atoms with Gasteiger partial charge < -0.3 is 19.8 Å². The van der Waals surface area contributed by atoms with E-state index in [9.17, 15) is 24.6 Å². The first-order chi connectivity index (χ1) is 16.8. The molecule has 0 spiro atoms. The van der Waals surface area contributed by atoms with Crippen LogP contribution in [0.5, 0.6) is 0 Å². The second-order valence-electron chi connectivity index (χ2n) is 9.09. The van der Waals surface area contributed by atoms with Gasteiger partial charge in [-0.25, -0.2) is 9.59 Å². The minimum Gasteiger partial charge on any atom is -0.481 e. The highest BCUT2D eigenvalue weighted by Crippen LogP contribution is 2.39. The molecule has 2 N–H and O–H groups in total. The van der Waals surface area contributed by atoms with E-state index in [4.69, 9.17) is 4.74 Å². The number of carboxylic acids is 2. The number of hydrogen-bond donors (Lipinski definition) is 2. The van der Waals surface area contributed by atoms with Crippen molar-refractivity contribution in [3.8, 4) is 11.1 Å². The molecule has 3 aromatic rings. The Morgan fingerprint density at radius 1 is 0.943 bits per heavy atom. The van der Waals surface area contributed by atoms with Crippen LogP contribution in [-0.4, -0.2) is 46.3 Å². The summed E-state index contributed by atoms with van der Waals surface area (Å²) in [4.78, 5) is 37.9. The topological polar surface area (TPSA) is 104 Å². The Balaban J connectivity index is 1.62. The monoisotopic (exact) mass is 475 g/mol. The highest BCUT2D eigenvalue weighted by Gasteiger charge is 2.43. The average molecular weight is 476 g/mol. The van der Waals surface area contributed by atoms with Crippen molar-refractivity contribution in [2.24, 2.45) is 5.41 Å². The van der Waals surface area contributed by atoms with E-state index in [0.29, 0.717) is 18.4 Å². The molecule has 7 heteroatoms. The van der Waals surface area contributed by atoms with E-state index in [1.807, 2.05) is 42.5 Å². The van der Waals surface area contributed by atoms with Crippen molar-refractivity contribution in [1.29, 1.82) is 0 Å². The third-order valence-electron chi connectivity index (χ3n) is 6.78. The predicted octanol–water partition coefficient (Wildman–Crippen LogP) is 5.81. The number of rotatable bonds is 8. The molecule has 35 heavy (non-hydrogen) atoms. The summed E-state index contributed by atoms with van der Waals surface area (Å²) in [6.07, 6.45) is 2.27. The lowest BCUT2D eigenvalue weighted by Crippen LogP contribution is -2.44. The first kappa shape index (κ1) is 24.3. The molecule has 3 aromatic carbocycles. The number of carbonyl (C=O) groups is 3. The van der Waals surface area contributed by atoms with E-state index in [-0.39, 0.29) is 25.3 Å². The highest BCUT2D eigenvalue weighted by molar-refractivity contribution is 5.98. The fourth-order valence-corrected chi connectivity index (χ4v) is 4.96. The Kier molecular flexibility index (Phi) is 7.05. The van der Waals surface area contributed by atoms with E-state index in [1.165, 1.54) is 4.90 Å². The first-order valence-corrected chi connectivity index (χ1v) is 11.8. The van der Waals surface area contributed by atoms with Gasteiger partial charge in [0.25, 0.3) is 0 Å². The quantitative estimate of drug-likeness (QED) is 0.426. The van der Waals surface area contributed by atoms with Crippen molar-refractivity contribution in [1.82, 2.24) is 4.90 Å². The molecule has 0 atom stereocenters. The van der Waals surface area contributed by atoms with Gasteiger partial charge in [-0.1, -0.05) is 55.3 Å². The zero-order valence-corrected chi connectivity index (χ0v) is 19.7. The molecule has 1 amide bonds. The standard InChI is InChI=1S/C28H29NO6/c1-2-35-27(34)29(18-28(26(32)33)13-5-6-14-28)17-19-9-10-21-16-22(12-11-20(21)15-19)23-7-3-4-8-24(23)25(30)31/h3-4,7-12,15-16H,2,5-6,13-14,17-18H2,1H3,(H,30,31)(H,32,33). The van der Waals surface area contributed by atoms with Crippen LogP contribution >= 0.6 is 0 Å². The third kappa shape index (κ3) is 5.14. The molecule has 1 saturated carbocycles. The van der Waals surface area contributed by atoms with Gasteiger partial charge in [-0.3, -0.25) is 4.79 Å². The predicted molar refractivity (Wildman–Crippen MR) is 132 cm³/mol. The maximum Gasteiger partial charge on any atom is 0.410 e. The molecule has 0 heterocycles. The molecule has 4 rings (SSSR count). The van der Waals surface area contributed by atoms with Gasteiger partial charge in [-0.15, -0.1) is 0 Å². The van der Waals surface area contributed by atoms with Crippen molar-refractivity contribution in [2.45, 2.75) is 39.2 Å². The molecule has 1 aliphatic carbocycles. The summed E-state index contributed by atoms with van der Waals surface area (Å²) in [6, 6.07) is 18.5. The number of aromatic carboxylic acids is 1. The van der Waals surface area contributed by atoms with Crippen molar-refractivity contribution in [2.75, 3.05) is 13.2 Å². The van der Waals surface area contributed by atoms with Gasteiger partial charge in [0.1, 0.15) is 0 Å². The molecule has 0 aromatic heterocycles. The van der Waals surface area contributed by atoms with Crippen molar-refractivity contribution in [3.05, 3.63) is 71.8 Å². The number of benzene rings is 3. The van der Waals surface area contributed by atoms with Crippen molar-refractivity contribution < 1.29 is 29.3 Å². The fraction of sp³-hybridized carbons (Fsp3) is 0.321. The van der Waals surface area contributed by atoms with Crippen LogP contribution in [0.4, 0.5) is 4.79 Å². The summed E-state index contributed by atoms with van der Waals surface area (Å²) in [5.41, 5.74) is 1.63. The Bertz CT molecular complexity index is 1260. The number of carboxylic acid groups (broad SMARTS) is 2. The zero-order chi connectivity index (χ0) is 25.0. The lowest BCUT2D eigenvalue weighted by atomic mass is 9.85. The van der Waals surface area contributed by atoms with Gasteiger partial charge in [0.15, 0.2) is 0 Å². The number of fused-ring (bicyclic) bond motifs is 1. The van der Waals surface area contributed by atoms with Crippen molar-refractivity contribution in [3.63, 3.8) is 0 Å². The van der Waals surface area contributed by atoms with E-state index in [2.05, 4.69) is 0 Å². The van der Waals surface area contributed by atoms with Gasteiger partial charge in [0.05, 0.1) is 17.6 Å². The van der Waals surface area contributed by atoms with Gasteiger partial charge in [0, 0.05) is 13.1 Å². The minimum atomic E-state index is -0.975. The van der Waals surface area contributed by atoms with Crippen LogP contribution in [0.3, 0.4) is 0 Å². The molecule has 0 bridgehead atoms. The average Bonchev–Trinajstić information content (AvgIpc) is 3.33. The third-order valence-corrected chi connectivity index (χ3v) is 6.78. The van der Waals surface area contributed by atoms with Gasteiger partial charge >= 0.3 is 18.0 Å². The molecule has 0 aliphatic heterocycles. The number of aliphatic carboxylic acids is 1. The van der Waals surface area contributed by atoms with Crippen LogP contribution < -0.4 is 0 Å². The summed E-state index contributed by atoms with van der Waals surface area (Å²) in [5.74, 6) is -1.84. The molecule has 0 saturated heterocycles. The van der Waals surface area contributed by atoms with Crippen LogP contribution in [0, 0.1) is 5.41 Å². The fourth-order valence-electron chi connectivity index (χ4n) is 4.96. The first-order valence-electron chi connectivity index (χ1n) is 11.8. The van der Waals surface area contributed by atoms with Crippen LogP contribution in [0.25, 0.3) is 21.9 Å². The normalized spacial score (nSPS) is 14.5. The maximum absolute atomic E-state index is 12.7. The van der Waals surface area contributed by atoms with Gasteiger partial charge in [-0.05, 0) is 65.4 Å². The summed E-state index contributed by atoms with van der Waals surface area (Å²) in [6.45, 7) is 2.31. The summed E-state index contributed by atoms with van der Waals surface area (Å²) in [5, 5.41) is 21.3. The largest absolute Gasteiger partial charge is 0.481 e. The lowest BCUT2D eigenvalue weighted by molar-refractivity contribution is -0.149. The van der Waals surface area contributed by atoms with Crippen LogP contribution in [0.1, 0.15) is 48.5 Å². The smallest absolute Gasteiger partial charge is 0.410 e. The Morgan fingerprint density at radius 3 is 2.31 bits per heavy atom. The van der Waals surface area contributed by atoms with Crippen LogP contribution in [-0.2, 0) is 16.1 Å². The Morgan fingerprint density at radius 2 is 1.63 bits per heavy atom. The Labute approximate surface area is 203 Å². The second-order valence-corrected chi connectivity index (χ2v) is 9.09. The van der Waals surface area contributed by atoms with Gasteiger partial charge in [-0.2, -0.15) is 0 Å². The van der Waals surface area contributed by atoms with E-state index >= 15 is 0 Å². The van der Waals surface area contributed by atoms with E-state index in [1.54, 1.807) is 25.1 Å². The minimum absolute atomic E-state index is 0.115. The van der Waals surface area contributed by atoms with Crippen LogP contribution in [0.2, 0.25) is 0 Å². The number of amides is 1. The van der Waals surface area contributed by atoms with Crippen LogP contribution in [0.15, 0.2) is 60.7 Å². The summed E-state index contributed by atoms with van der Waals surface area (Å²) < 4.78 is 5.24. The molecular formula is C28H29NO6. The van der Waals surface area contributed by atoms with E-state index in [0.717, 1.165) is 34.7 Å². The SMILES string of the molecule is CCOC(=O)N(Cc1ccc2cc(-c3ccccc3C(=O)O)ccc2c1)CC1(C(=O)O)CCCC1. The maximum atomic E-state index is 12.7. The van der Waals surface area contributed by atoms with E-state index < -0.39 is 23.4 Å². The molecular weight excluding hydrogens is 446 g/mol. The highest BCUT2D eigenvalue weighted by atomic mass is 16.6. The number of ether oxygens (including phenoxy) is 1. The Hall–Kier alpha value is -3.87. The molecule has 182 valence electrons. The molecule has 0 unspecified atom stereocenters. The molecule has 1 aliphatic rings. The molecule has 7 nitrogen and oxygen atoms in total. The summed E-state index contributed by atoms with van der Waals surface area (Å²) >= 11 is 0. The lowest BCUT2D eigenvalue weighted by Gasteiger charge is -2.31. The molecule has 1 fully saturated rings. The number of hydrogen-bond acceptors (Lipinski definition) is 4. The number of carbonyl (C=O) groups excluding carboxylic acids is 1. The molecule has 0 radical (unpaired) electrons. The summed E-state index contributed by atoms with van der Waals surface area (Å²) in [7, 11) is 0. The zero-order valence-electron chi connectivity index (χ0n) is 19.7. The number of nitrogens with zero attached hydrogens (tertiary/aromatic N) is 1. The van der Waals surface area contributed by atoms with Gasteiger partial charge in [0.2, 0.25) is 0 Å².